The number of nitro groups is 1. The van der Waals surface area contributed by atoms with E-state index in [1.807, 2.05) is 0 Å². The molecule has 1 aliphatic heterocycles. The van der Waals surface area contributed by atoms with Crippen molar-refractivity contribution in [1.29, 1.82) is 0 Å². The number of carbonyl (C=O) groups is 3. The fourth-order valence-corrected chi connectivity index (χ4v) is 3.13. The van der Waals surface area contributed by atoms with Crippen LogP contribution >= 0.6 is 0 Å². The number of likely N-dealkylation sites (tertiary alicyclic amines) is 1. The third-order valence-electron chi connectivity index (χ3n) is 4.74. The summed E-state index contributed by atoms with van der Waals surface area (Å²) in [5, 5.41) is 13.5. The van der Waals surface area contributed by atoms with Crippen LogP contribution in [0.5, 0.6) is 5.75 Å². The van der Waals surface area contributed by atoms with E-state index in [1.165, 1.54) is 25.3 Å². The molecule has 10 nitrogen and oxygen atoms in total. The molecule has 1 N–H and O–H groups in total. The first kappa shape index (κ1) is 21.8. The molecule has 0 aromatic heterocycles. The fraction of sp³-hybridized carbons (Fsp3) is 0.286. The Morgan fingerprint density at radius 2 is 1.94 bits per heavy atom. The lowest BCUT2D eigenvalue weighted by Crippen LogP contribution is -2.24. The molecule has 0 spiro atoms. The molecular weight excluding hydrogens is 406 g/mol. The van der Waals surface area contributed by atoms with E-state index in [2.05, 4.69) is 5.32 Å². The molecule has 31 heavy (non-hydrogen) atoms. The highest BCUT2D eigenvalue weighted by Crippen LogP contribution is 2.28. The molecule has 2 amide bonds. The number of nitro benzene ring substituents is 1. The predicted molar refractivity (Wildman–Crippen MR) is 110 cm³/mol. The number of nitrogens with zero attached hydrogens (tertiary/aromatic N) is 2. The number of rotatable bonds is 8. The van der Waals surface area contributed by atoms with Crippen LogP contribution in [0, 0.1) is 10.1 Å². The number of benzene rings is 2. The van der Waals surface area contributed by atoms with Crippen molar-refractivity contribution in [3.63, 3.8) is 0 Å². The fourth-order valence-electron chi connectivity index (χ4n) is 3.13. The van der Waals surface area contributed by atoms with Gasteiger partial charge in [-0.25, -0.2) is 4.79 Å². The van der Waals surface area contributed by atoms with Gasteiger partial charge in [0, 0.05) is 19.5 Å². The number of ether oxygens (including phenoxy) is 2. The summed E-state index contributed by atoms with van der Waals surface area (Å²) in [6, 6.07) is 10.5. The van der Waals surface area contributed by atoms with Crippen LogP contribution in [0.15, 0.2) is 42.5 Å². The Labute approximate surface area is 177 Å². The average Bonchev–Trinajstić information content (AvgIpc) is 3.17. The van der Waals surface area contributed by atoms with Gasteiger partial charge in [-0.2, -0.15) is 0 Å². The molecule has 1 heterocycles. The summed E-state index contributed by atoms with van der Waals surface area (Å²) >= 11 is 0. The van der Waals surface area contributed by atoms with Gasteiger partial charge < -0.3 is 19.7 Å². The summed E-state index contributed by atoms with van der Waals surface area (Å²) in [6.45, 7) is 0.605. The van der Waals surface area contributed by atoms with Crippen molar-refractivity contribution in [2.45, 2.75) is 19.4 Å². The Bertz CT molecular complexity index is 1000. The van der Waals surface area contributed by atoms with Crippen LogP contribution in [-0.4, -0.2) is 47.9 Å². The molecule has 162 valence electrons. The van der Waals surface area contributed by atoms with Crippen molar-refractivity contribution in [3.8, 4) is 5.75 Å². The van der Waals surface area contributed by atoms with Crippen LogP contribution in [0.25, 0.3) is 0 Å². The smallest absolute Gasteiger partial charge is 0.338 e. The molecule has 0 radical (unpaired) electrons. The largest absolute Gasteiger partial charge is 0.496 e. The van der Waals surface area contributed by atoms with E-state index in [0.29, 0.717) is 13.0 Å². The van der Waals surface area contributed by atoms with Crippen LogP contribution < -0.4 is 10.1 Å². The zero-order chi connectivity index (χ0) is 22.4. The second kappa shape index (κ2) is 9.70. The Kier molecular flexibility index (Phi) is 6.81. The van der Waals surface area contributed by atoms with Gasteiger partial charge in [0.15, 0.2) is 6.61 Å². The first-order chi connectivity index (χ1) is 14.9. The number of amides is 2. The van der Waals surface area contributed by atoms with Crippen molar-refractivity contribution >= 4 is 29.2 Å². The monoisotopic (exact) mass is 427 g/mol. The van der Waals surface area contributed by atoms with Crippen molar-refractivity contribution in [1.82, 2.24) is 4.90 Å². The van der Waals surface area contributed by atoms with E-state index in [9.17, 15) is 24.5 Å². The second-order valence-corrected chi connectivity index (χ2v) is 6.88. The summed E-state index contributed by atoms with van der Waals surface area (Å²) < 4.78 is 9.93. The van der Waals surface area contributed by atoms with Crippen LogP contribution in [0.2, 0.25) is 0 Å². The highest BCUT2D eigenvalue weighted by Gasteiger charge is 2.21. The van der Waals surface area contributed by atoms with Crippen LogP contribution in [-0.2, 0) is 20.9 Å². The van der Waals surface area contributed by atoms with Gasteiger partial charge in [0.25, 0.3) is 11.6 Å². The maximum Gasteiger partial charge on any atom is 0.338 e. The summed E-state index contributed by atoms with van der Waals surface area (Å²) in [5.41, 5.74) is 0.759. The molecule has 0 bridgehead atoms. The standard InChI is InChI=1S/C21H21N3O7/c1-30-16-8-9-17(18(11-16)24(28)29)22-19(25)13-31-21(27)15-6-4-14(5-7-15)12-23-10-2-3-20(23)26/h4-9,11H,2-3,10,12-13H2,1H3,(H,22,25). The topological polar surface area (TPSA) is 128 Å². The molecule has 1 saturated heterocycles. The summed E-state index contributed by atoms with van der Waals surface area (Å²) in [6.07, 6.45) is 1.41. The number of carbonyl (C=O) groups excluding carboxylic acids is 3. The Hall–Kier alpha value is -3.95. The number of nitrogens with one attached hydrogen (secondary N) is 1. The summed E-state index contributed by atoms with van der Waals surface area (Å²) in [4.78, 5) is 48.2. The number of hydrogen-bond acceptors (Lipinski definition) is 7. The molecule has 2 aromatic carbocycles. The summed E-state index contributed by atoms with van der Waals surface area (Å²) in [5.74, 6) is -1.03. The van der Waals surface area contributed by atoms with Gasteiger partial charge >= 0.3 is 5.97 Å². The third-order valence-corrected chi connectivity index (χ3v) is 4.74. The van der Waals surface area contributed by atoms with Gasteiger partial charge in [0.05, 0.1) is 23.7 Å². The molecule has 0 saturated carbocycles. The van der Waals surface area contributed by atoms with Crippen molar-refractivity contribution in [2.24, 2.45) is 0 Å². The van der Waals surface area contributed by atoms with E-state index >= 15 is 0 Å². The molecular formula is C21H21N3O7. The normalized spacial score (nSPS) is 13.1. The van der Waals surface area contributed by atoms with Gasteiger partial charge in [-0.05, 0) is 36.2 Å². The second-order valence-electron chi connectivity index (χ2n) is 6.88. The first-order valence-corrected chi connectivity index (χ1v) is 9.53. The molecule has 10 heteroatoms. The lowest BCUT2D eigenvalue weighted by atomic mass is 10.1. The Morgan fingerprint density at radius 1 is 1.19 bits per heavy atom. The van der Waals surface area contributed by atoms with E-state index < -0.39 is 23.4 Å². The Morgan fingerprint density at radius 3 is 2.55 bits per heavy atom. The minimum absolute atomic E-state index is 0.0346. The SMILES string of the molecule is COc1ccc(NC(=O)COC(=O)c2ccc(CN3CCCC3=O)cc2)c([N+](=O)[O-])c1. The molecule has 0 atom stereocenters. The molecule has 3 rings (SSSR count). The Balaban J connectivity index is 1.54. The number of hydrogen-bond donors (Lipinski definition) is 1. The van der Waals surface area contributed by atoms with Gasteiger partial charge in [-0.3, -0.25) is 19.7 Å². The van der Waals surface area contributed by atoms with Gasteiger partial charge in [-0.15, -0.1) is 0 Å². The molecule has 0 aliphatic carbocycles. The number of esters is 1. The molecule has 1 aliphatic rings. The van der Waals surface area contributed by atoms with E-state index in [1.54, 1.807) is 29.2 Å². The molecule has 0 unspecified atom stereocenters. The van der Waals surface area contributed by atoms with E-state index in [-0.39, 0.29) is 28.6 Å². The zero-order valence-electron chi connectivity index (χ0n) is 16.8. The lowest BCUT2D eigenvalue weighted by Gasteiger charge is -2.15. The minimum atomic E-state index is -0.717. The van der Waals surface area contributed by atoms with Gasteiger partial charge in [-0.1, -0.05) is 12.1 Å². The number of methoxy groups -OCH3 is 1. The van der Waals surface area contributed by atoms with Gasteiger partial charge in [0.2, 0.25) is 5.91 Å². The zero-order valence-corrected chi connectivity index (χ0v) is 16.8. The highest BCUT2D eigenvalue weighted by molar-refractivity contribution is 5.97. The highest BCUT2D eigenvalue weighted by atomic mass is 16.6. The predicted octanol–water partition coefficient (Wildman–Crippen LogP) is 2.52. The minimum Gasteiger partial charge on any atom is -0.496 e. The quantitative estimate of drug-likeness (QED) is 0.389. The molecule has 1 fully saturated rings. The van der Waals surface area contributed by atoms with Crippen LogP contribution in [0.1, 0.15) is 28.8 Å². The molecule has 2 aromatic rings. The third kappa shape index (κ3) is 5.56. The van der Waals surface area contributed by atoms with Crippen LogP contribution in [0.3, 0.4) is 0 Å². The van der Waals surface area contributed by atoms with Crippen molar-refractivity contribution in [2.75, 3.05) is 25.6 Å². The number of anilines is 1. The van der Waals surface area contributed by atoms with E-state index in [0.717, 1.165) is 18.5 Å². The maximum absolute atomic E-state index is 12.2. The van der Waals surface area contributed by atoms with E-state index in [4.69, 9.17) is 9.47 Å². The maximum atomic E-state index is 12.2. The lowest BCUT2D eigenvalue weighted by molar-refractivity contribution is -0.384. The van der Waals surface area contributed by atoms with Gasteiger partial charge in [0.1, 0.15) is 11.4 Å². The van der Waals surface area contributed by atoms with Crippen molar-refractivity contribution < 1.29 is 28.8 Å². The van der Waals surface area contributed by atoms with Crippen molar-refractivity contribution in [3.05, 3.63) is 63.7 Å². The first-order valence-electron chi connectivity index (χ1n) is 9.53. The van der Waals surface area contributed by atoms with Crippen LogP contribution in [0.4, 0.5) is 11.4 Å². The average molecular weight is 427 g/mol. The summed E-state index contributed by atoms with van der Waals surface area (Å²) in [7, 11) is 1.37.